The number of para-hydroxylation sites is 1. The van der Waals surface area contributed by atoms with Gasteiger partial charge >= 0.3 is 5.97 Å². The van der Waals surface area contributed by atoms with Crippen LogP contribution in [-0.2, 0) is 20.7 Å². The molecule has 0 aliphatic carbocycles. The summed E-state index contributed by atoms with van der Waals surface area (Å²) in [6, 6.07) is 6.83. The molecule has 20 heavy (non-hydrogen) atoms. The third-order valence-corrected chi connectivity index (χ3v) is 2.88. The van der Waals surface area contributed by atoms with Crippen molar-refractivity contribution in [2.75, 3.05) is 13.7 Å². The molecule has 3 N–H and O–H groups in total. The Hall–Kier alpha value is -2.08. The van der Waals surface area contributed by atoms with Crippen LogP contribution >= 0.6 is 0 Å². The third-order valence-electron chi connectivity index (χ3n) is 2.88. The molecule has 1 rings (SSSR count). The molecule has 1 aromatic rings. The number of carboxylic acid groups (broad SMARTS) is 1. The van der Waals surface area contributed by atoms with Crippen molar-refractivity contribution >= 4 is 11.9 Å². The third kappa shape index (κ3) is 5.71. The van der Waals surface area contributed by atoms with Crippen molar-refractivity contribution in [1.82, 2.24) is 5.32 Å². The summed E-state index contributed by atoms with van der Waals surface area (Å²) in [4.78, 5) is 22.2. The molecule has 1 amide bonds. The number of carbonyl (C=O) groups excluding carboxylic acids is 1. The predicted molar refractivity (Wildman–Crippen MR) is 72.5 cm³/mol. The van der Waals surface area contributed by atoms with E-state index in [1.165, 1.54) is 7.11 Å². The highest BCUT2D eigenvalue weighted by Gasteiger charge is 2.13. The molecule has 1 aromatic carbocycles. The maximum absolute atomic E-state index is 11.6. The van der Waals surface area contributed by atoms with Crippen LogP contribution in [0.1, 0.15) is 18.4 Å². The second-order valence-electron chi connectivity index (χ2n) is 4.39. The number of methoxy groups -OCH3 is 1. The van der Waals surface area contributed by atoms with Crippen LogP contribution in [0.2, 0.25) is 0 Å². The van der Waals surface area contributed by atoms with E-state index in [-0.39, 0.29) is 31.0 Å². The standard InChI is InChI=1S/C14H19NO5/c1-20-11(8-14(18)19)9-15-13(17)7-6-10-4-2-3-5-12(10)16/h2-5,11,16H,6-9H2,1H3,(H,15,17)(H,18,19). The summed E-state index contributed by atoms with van der Waals surface area (Å²) in [6.45, 7) is 0.155. The van der Waals surface area contributed by atoms with E-state index in [2.05, 4.69) is 5.32 Å². The fourth-order valence-electron chi connectivity index (χ4n) is 1.72. The number of hydrogen-bond donors (Lipinski definition) is 3. The van der Waals surface area contributed by atoms with E-state index in [0.29, 0.717) is 12.0 Å². The van der Waals surface area contributed by atoms with Gasteiger partial charge < -0.3 is 20.3 Å². The van der Waals surface area contributed by atoms with Crippen molar-refractivity contribution < 1.29 is 24.5 Å². The molecule has 0 aromatic heterocycles. The molecule has 0 bridgehead atoms. The first-order valence-corrected chi connectivity index (χ1v) is 6.31. The zero-order chi connectivity index (χ0) is 15.0. The molecule has 1 unspecified atom stereocenters. The Labute approximate surface area is 117 Å². The zero-order valence-electron chi connectivity index (χ0n) is 11.3. The van der Waals surface area contributed by atoms with Gasteiger partial charge in [0.2, 0.25) is 5.91 Å². The average molecular weight is 281 g/mol. The van der Waals surface area contributed by atoms with Crippen molar-refractivity contribution in [1.29, 1.82) is 0 Å². The molecule has 0 fully saturated rings. The second kappa shape index (κ2) is 8.16. The molecular formula is C14H19NO5. The minimum absolute atomic E-state index is 0.155. The second-order valence-corrected chi connectivity index (χ2v) is 4.39. The number of rotatable bonds is 8. The maximum atomic E-state index is 11.6. The van der Waals surface area contributed by atoms with Crippen molar-refractivity contribution in [2.24, 2.45) is 0 Å². The van der Waals surface area contributed by atoms with Gasteiger partial charge in [-0.25, -0.2) is 0 Å². The lowest BCUT2D eigenvalue weighted by molar-refractivity contribution is -0.140. The largest absolute Gasteiger partial charge is 0.508 e. The van der Waals surface area contributed by atoms with E-state index >= 15 is 0 Å². The number of phenolic OH excluding ortho intramolecular Hbond substituents is 1. The van der Waals surface area contributed by atoms with Crippen LogP contribution in [-0.4, -0.2) is 41.8 Å². The van der Waals surface area contributed by atoms with Gasteiger partial charge in [-0.15, -0.1) is 0 Å². The Morgan fingerprint density at radius 3 is 2.65 bits per heavy atom. The van der Waals surface area contributed by atoms with E-state index in [9.17, 15) is 14.7 Å². The average Bonchev–Trinajstić information content (AvgIpc) is 2.42. The number of carbonyl (C=O) groups is 2. The van der Waals surface area contributed by atoms with E-state index in [0.717, 1.165) is 0 Å². The molecule has 0 heterocycles. The molecule has 1 atom stereocenters. The number of amides is 1. The Bertz CT molecular complexity index is 461. The molecule has 0 saturated heterocycles. The Morgan fingerprint density at radius 1 is 1.35 bits per heavy atom. The summed E-state index contributed by atoms with van der Waals surface area (Å²) >= 11 is 0. The summed E-state index contributed by atoms with van der Waals surface area (Å²) in [7, 11) is 1.40. The summed E-state index contributed by atoms with van der Waals surface area (Å²) < 4.78 is 4.96. The number of benzene rings is 1. The van der Waals surface area contributed by atoms with E-state index in [1.807, 2.05) is 0 Å². The lowest BCUT2D eigenvalue weighted by Gasteiger charge is -2.14. The van der Waals surface area contributed by atoms with Crippen LogP contribution in [0.25, 0.3) is 0 Å². The summed E-state index contributed by atoms with van der Waals surface area (Å²) in [5.41, 5.74) is 0.705. The SMILES string of the molecule is COC(CNC(=O)CCc1ccccc1O)CC(=O)O. The molecule has 0 aliphatic heterocycles. The number of ether oxygens (including phenoxy) is 1. The van der Waals surface area contributed by atoms with Crippen molar-refractivity contribution in [3.63, 3.8) is 0 Å². The zero-order valence-corrected chi connectivity index (χ0v) is 11.3. The molecule has 110 valence electrons. The maximum Gasteiger partial charge on any atom is 0.306 e. The number of carboxylic acids is 1. The number of aryl methyl sites for hydroxylation is 1. The number of hydrogen-bond acceptors (Lipinski definition) is 4. The number of phenols is 1. The molecule has 6 heteroatoms. The Morgan fingerprint density at radius 2 is 2.05 bits per heavy atom. The van der Waals surface area contributed by atoms with Crippen LogP contribution in [0.3, 0.4) is 0 Å². The highest BCUT2D eigenvalue weighted by atomic mass is 16.5. The molecule has 0 spiro atoms. The van der Waals surface area contributed by atoms with Crippen LogP contribution in [0.15, 0.2) is 24.3 Å². The lowest BCUT2D eigenvalue weighted by Crippen LogP contribution is -2.34. The van der Waals surface area contributed by atoms with Crippen molar-refractivity contribution in [3.8, 4) is 5.75 Å². The highest BCUT2D eigenvalue weighted by Crippen LogP contribution is 2.16. The van der Waals surface area contributed by atoms with Gasteiger partial charge in [-0.3, -0.25) is 9.59 Å². The van der Waals surface area contributed by atoms with E-state index in [1.54, 1.807) is 24.3 Å². The monoisotopic (exact) mass is 281 g/mol. The summed E-state index contributed by atoms with van der Waals surface area (Å²) in [5, 5.41) is 20.8. The van der Waals surface area contributed by atoms with Crippen LogP contribution in [0, 0.1) is 0 Å². The highest BCUT2D eigenvalue weighted by molar-refractivity contribution is 5.76. The molecular weight excluding hydrogens is 262 g/mol. The first-order valence-electron chi connectivity index (χ1n) is 6.31. The minimum Gasteiger partial charge on any atom is -0.508 e. The number of aromatic hydroxyl groups is 1. The van der Waals surface area contributed by atoms with Gasteiger partial charge in [-0.1, -0.05) is 18.2 Å². The van der Waals surface area contributed by atoms with E-state index < -0.39 is 12.1 Å². The van der Waals surface area contributed by atoms with Crippen LogP contribution in [0.5, 0.6) is 5.75 Å². The van der Waals surface area contributed by atoms with Gasteiger partial charge in [-0.2, -0.15) is 0 Å². The number of nitrogens with one attached hydrogen (secondary N) is 1. The normalized spacial score (nSPS) is 11.8. The smallest absolute Gasteiger partial charge is 0.306 e. The fourth-order valence-corrected chi connectivity index (χ4v) is 1.72. The summed E-state index contributed by atoms with van der Waals surface area (Å²) in [5.74, 6) is -1.01. The van der Waals surface area contributed by atoms with Gasteiger partial charge in [-0.05, 0) is 18.1 Å². The quantitative estimate of drug-likeness (QED) is 0.659. The molecule has 6 nitrogen and oxygen atoms in total. The van der Waals surface area contributed by atoms with Gasteiger partial charge in [0.1, 0.15) is 5.75 Å². The van der Waals surface area contributed by atoms with Crippen LogP contribution < -0.4 is 5.32 Å². The summed E-state index contributed by atoms with van der Waals surface area (Å²) in [6.07, 6.45) is -0.0477. The lowest BCUT2D eigenvalue weighted by atomic mass is 10.1. The molecule has 0 saturated carbocycles. The van der Waals surface area contributed by atoms with Crippen molar-refractivity contribution in [3.05, 3.63) is 29.8 Å². The first kappa shape index (κ1) is 16.0. The predicted octanol–water partition coefficient (Wildman–Crippen LogP) is 0.931. The molecule has 0 radical (unpaired) electrons. The number of aliphatic carboxylic acids is 1. The Balaban J connectivity index is 2.33. The van der Waals surface area contributed by atoms with E-state index in [4.69, 9.17) is 9.84 Å². The topological polar surface area (TPSA) is 95.9 Å². The van der Waals surface area contributed by atoms with Gasteiger partial charge in [0, 0.05) is 20.1 Å². The van der Waals surface area contributed by atoms with Crippen molar-refractivity contribution in [2.45, 2.75) is 25.4 Å². The van der Waals surface area contributed by atoms with Crippen LogP contribution in [0.4, 0.5) is 0 Å². The molecule has 0 aliphatic rings. The fraction of sp³-hybridized carbons (Fsp3) is 0.429. The van der Waals surface area contributed by atoms with Gasteiger partial charge in [0.05, 0.1) is 12.5 Å². The van der Waals surface area contributed by atoms with Gasteiger partial charge in [0.25, 0.3) is 0 Å². The first-order chi connectivity index (χ1) is 9.52. The minimum atomic E-state index is -0.972. The Kier molecular flexibility index (Phi) is 6.52. The van der Waals surface area contributed by atoms with Gasteiger partial charge in [0.15, 0.2) is 0 Å².